The van der Waals surface area contributed by atoms with Gasteiger partial charge in [-0.2, -0.15) is 11.1 Å². The summed E-state index contributed by atoms with van der Waals surface area (Å²) in [5, 5.41) is 0. The van der Waals surface area contributed by atoms with E-state index in [0.717, 1.165) is 25.2 Å². The normalized spacial score (nSPS) is 35.5. The maximum atomic E-state index is 11.6. The summed E-state index contributed by atoms with van der Waals surface area (Å²) in [6, 6.07) is 10.7. The fourth-order valence-electron chi connectivity index (χ4n) is 7.51. The third kappa shape index (κ3) is 6.63. The molecular weight excluding hydrogens is 629 g/mol. The van der Waals surface area contributed by atoms with Crippen LogP contribution in [0.5, 0.6) is 0 Å². The van der Waals surface area contributed by atoms with Crippen LogP contribution in [-0.4, -0.2) is 21.3 Å². The maximum absolute atomic E-state index is 11.6. The van der Waals surface area contributed by atoms with E-state index in [9.17, 15) is 4.79 Å². The van der Waals surface area contributed by atoms with Crippen LogP contribution in [0.4, 0.5) is 0 Å². The molecule has 1 aromatic carbocycles. The molecule has 3 unspecified atom stereocenters. The zero-order valence-corrected chi connectivity index (χ0v) is 27.8. The van der Waals surface area contributed by atoms with Crippen molar-refractivity contribution in [1.82, 2.24) is 0 Å². The molecule has 3 atom stereocenters. The first-order chi connectivity index (χ1) is 14.9. The summed E-state index contributed by atoms with van der Waals surface area (Å²) < 4.78 is 1.57. The SMILES string of the molecule is CC12CC3CC(C)(C1)CC(C([NH-])=O)(C3)C2.CC1=[C-]C(C)C(C)=C1C.[CH3][GeH][c]1ccccc1.[Hf]. The van der Waals surface area contributed by atoms with Crippen molar-refractivity contribution in [2.75, 3.05) is 0 Å². The first-order valence-electron chi connectivity index (χ1n) is 12.3. The Kier molecular flexibility index (Phi) is 9.69. The molecule has 5 aliphatic carbocycles. The Labute approximate surface area is 227 Å². The summed E-state index contributed by atoms with van der Waals surface area (Å²) in [5.41, 5.74) is 12.3. The summed E-state index contributed by atoms with van der Waals surface area (Å²) in [7, 11) is 0. The van der Waals surface area contributed by atoms with E-state index in [2.05, 4.69) is 83.7 Å². The Morgan fingerprint density at radius 3 is 1.85 bits per heavy atom. The fourth-order valence-corrected chi connectivity index (χ4v) is 8.78. The van der Waals surface area contributed by atoms with Crippen LogP contribution in [0.1, 0.15) is 80.1 Å². The monoisotopic (exact) mass is 674 g/mol. The van der Waals surface area contributed by atoms with Crippen LogP contribution in [0.2, 0.25) is 5.76 Å². The van der Waals surface area contributed by atoms with Gasteiger partial charge in [0.05, 0.1) is 5.91 Å². The molecule has 0 aromatic heterocycles. The number of carbonyl (C=O) groups excluding carboxylic acids is 1. The third-order valence-corrected chi connectivity index (χ3v) is 10.7. The van der Waals surface area contributed by atoms with Crippen LogP contribution < -0.4 is 4.40 Å². The molecule has 0 heterocycles. The van der Waals surface area contributed by atoms with Gasteiger partial charge in [0.1, 0.15) is 0 Å². The van der Waals surface area contributed by atoms with Gasteiger partial charge in [-0.3, -0.25) is 6.08 Å². The van der Waals surface area contributed by atoms with Crippen LogP contribution in [-0.2, 0) is 30.6 Å². The van der Waals surface area contributed by atoms with Crippen LogP contribution >= 0.6 is 0 Å². The molecule has 5 aliphatic rings. The van der Waals surface area contributed by atoms with Gasteiger partial charge in [-0.25, -0.2) is 5.57 Å². The van der Waals surface area contributed by atoms with Gasteiger partial charge in [0.25, 0.3) is 0 Å². The Bertz CT molecular complexity index is 887. The van der Waals surface area contributed by atoms with Crippen molar-refractivity contribution in [2.45, 2.75) is 85.8 Å². The number of hydrogen-bond donors (Lipinski definition) is 0. The largest absolute Gasteiger partial charge is 0 e. The molecule has 4 saturated carbocycles. The summed E-state index contributed by atoms with van der Waals surface area (Å²) in [6.45, 7) is 13.4. The number of hydrogen-bond acceptors (Lipinski definition) is 1. The smallest absolute Gasteiger partial charge is 0 e. The van der Waals surface area contributed by atoms with Gasteiger partial charge in [0.15, 0.2) is 0 Å². The van der Waals surface area contributed by atoms with E-state index in [1.165, 1.54) is 36.0 Å². The second-order valence-electron chi connectivity index (χ2n) is 11.7. The maximum Gasteiger partial charge on any atom is 0 e. The molecule has 1 aromatic rings. The Hall–Kier alpha value is -0.417. The van der Waals surface area contributed by atoms with E-state index >= 15 is 0 Å². The molecule has 6 rings (SSSR count). The molecule has 1 N–H and O–H groups in total. The molecule has 4 heteroatoms. The Morgan fingerprint density at radius 2 is 1.55 bits per heavy atom. The predicted molar refractivity (Wildman–Crippen MR) is 138 cm³/mol. The zero-order valence-electron chi connectivity index (χ0n) is 21.8. The standard InChI is InChI=1S/C13H21NO.C9H13.C7H9Ge.Hf/c1-11-3-9-4-12(2,6-11)8-13(5-9,7-11)10(14)15;1-6-5-7(2)9(4)8(6)3;1-8-7-5-3-2-4-6-7;/h9H,3-8H2,1-2H3,(H2,14,15);6H,1-4H3;2-6,8H,1H3;/q;-1;;/p-1. The molecule has 0 spiro atoms. The molecule has 1 radical (unpaired) electrons. The first-order valence-corrected chi connectivity index (χ1v) is 15.9. The minimum atomic E-state index is -0.274. The number of carbonyl (C=O) groups is 1. The fraction of sp³-hybridized carbons (Fsp3) is 0.621. The van der Waals surface area contributed by atoms with Gasteiger partial charge in [-0.05, 0) is 55.3 Å². The van der Waals surface area contributed by atoms with Gasteiger partial charge in [0, 0.05) is 31.3 Å². The van der Waals surface area contributed by atoms with E-state index < -0.39 is 0 Å². The molecule has 0 aliphatic heterocycles. The van der Waals surface area contributed by atoms with Crippen LogP contribution in [0, 0.1) is 34.2 Å². The number of rotatable bonds is 2. The van der Waals surface area contributed by atoms with Crippen molar-refractivity contribution in [3.63, 3.8) is 0 Å². The van der Waals surface area contributed by atoms with E-state index in [1.807, 2.05) is 0 Å². The van der Waals surface area contributed by atoms with Crippen LogP contribution in [0.3, 0.4) is 0 Å². The van der Waals surface area contributed by atoms with Crippen molar-refractivity contribution < 1.29 is 30.6 Å². The van der Waals surface area contributed by atoms with Crippen LogP contribution in [0.15, 0.2) is 47.1 Å². The molecule has 4 fully saturated rings. The molecular formula is C29H42GeHfNO-2. The summed E-state index contributed by atoms with van der Waals surface area (Å²) in [5.74, 6) is 3.33. The summed E-state index contributed by atoms with van der Waals surface area (Å²) in [4.78, 5) is 11.6. The van der Waals surface area contributed by atoms with Gasteiger partial charge in [0.2, 0.25) is 0 Å². The summed E-state index contributed by atoms with van der Waals surface area (Å²) in [6.07, 6.45) is 10.3. The summed E-state index contributed by atoms with van der Waals surface area (Å²) >= 11 is -0.0398. The van der Waals surface area contributed by atoms with E-state index in [0.29, 0.717) is 16.7 Å². The van der Waals surface area contributed by atoms with Crippen molar-refractivity contribution in [2.24, 2.45) is 28.1 Å². The van der Waals surface area contributed by atoms with Gasteiger partial charge < -0.3 is 10.5 Å². The average molecular weight is 672 g/mol. The topological polar surface area (TPSA) is 40.9 Å². The van der Waals surface area contributed by atoms with Gasteiger partial charge in [-0.1, -0.05) is 40.5 Å². The number of benzene rings is 1. The molecule has 0 saturated heterocycles. The van der Waals surface area contributed by atoms with Crippen molar-refractivity contribution in [3.8, 4) is 0 Å². The second-order valence-corrected chi connectivity index (χ2v) is 14.3. The Balaban J connectivity index is 0.000000186. The number of amides is 1. The molecule has 33 heavy (non-hydrogen) atoms. The number of nitrogens with one attached hydrogen (secondary N) is 1. The minimum Gasteiger partial charge on any atom is 0 e. The quantitative estimate of drug-likeness (QED) is 0.245. The van der Waals surface area contributed by atoms with Gasteiger partial charge in [-0.15, -0.1) is 6.92 Å². The molecule has 4 bridgehead atoms. The Morgan fingerprint density at radius 1 is 1.00 bits per heavy atom. The molecule has 1 amide bonds. The van der Waals surface area contributed by atoms with Crippen LogP contribution in [0.25, 0.3) is 5.73 Å². The van der Waals surface area contributed by atoms with Crippen molar-refractivity contribution in [1.29, 1.82) is 0 Å². The zero-order chi connectivity index (χ0) is 23.7. The minimum absolute atomic E-state index is 0. The predicted octanol–water partition coefficient (Wildman–Crippen LogP) is 7.08. The van der Waals surface area contributed by atoms with Crippen molar-refractivity contribution >= 4 is 25.7 Å². The van der Waals surface area contributed by atoms with E-state index in [1.54, 1.807) is 4.40 Å². The van der Waals surface area contributed by atoms with E-state index in [-0.39, 0.29) is 52.6 Å². The number of allylic oxidation sites excluding steroid dienone is 4. The van der Waals surface area contributed by atoms with Gasteiger partial charge >= 0.3 is 55.9 Å². The first kappa shape index (κ1) is 28.8. The molecule has 179 valence electrons. The van der Waals surface area contributed by atoms with Crippen molar-refractivity contribution in [3.05, 3.63) is 58.9 Å². The average Bonchev–Trinajstić information content (AvgIpc) is 2.92. The second kappa shape index (κ2) is 11.1. The molecule has 2 nitrogen and oxygen atoms in total. The van der Waals surface area contributed by atoms with E-state index in [4.69, 9.17) is 5.73 Å². The third-order valence-electron chi connectivity index (χ3n) is 8.48.